The molecular weight excluding hydrogens is 404 g/mol. The fourth-order valence-corrected chi connectivity index (χ4v) is 4.42. The number of alkyl carbamates (subject to hydrolysis) is 1. The minimum Gasteiger partial charge on any atom is -0.441 e. The molecule has 1 saturated heterocycles. The molecule has 4 rings (SSSR count). The maximum atomic E-state index is 12.0. The van der Waals surface area contributed by atoms with Gasteiger partial charge in [0.1, 0.15) is 11.3 Å². The molecule has 2 aliphatic carbocycles. The molecule has 1 unspecified atom stereocenters. The second-order valence-corrected chi connectivity index (χ2v) is 10.0. The van der Waals surface area contributed by atoms with Crippen LogP contribution in [0.3, 0.4) is 0 Å². The molecule has 2 heterocycles. The first-order chi connectivity index (χ1) is 15.2. The third-order valence-corrected chi connectivity index (χ3v) is 6.33. The van der Waals surface area contributed by atoms with Crippen LogP contribution in [-0.2, 0) is 4.74 Å². The number of allylic oxidation sites excluding steroid dienone is 2. The van der Waals surface area contributed by atoms with Crippen LogP contribution in [0, 0.1) is 5.92 Å². The van der Waals surface area contributed by atoms with E-state index < -0.39 is 5.60 Å². The zero-order valence-electron chi connectivity index (χ0n) is 20.0. The molecule has 0 radical (unpaired) electrons. The Hall–Kier alpha value is -2.57. The molecule has 0 bridgehead atoms. The van der Waals surface area contributed by atoms with Crippen LogP contribution in [-0.4, -0.2) is 39.9 Å². The van der Waals surface area contributed by atoms with E-state index in [0.717, 1.165) is 30.5 Å². The van der Waals surface area contributed by atoms with Crippen LogP contribution in [0.2, 0.25) is 0 Å². The molecular formula is C25H38N4O3. The predicted molar refractivity (Wildman–Crippen MR) is 126 cm³/mol. The van der Waals surface area contributed by atoms with E-state index >= 15 is 0 Å². The van der Waals surface area contributed by atoms with Gasteiger partial charge in [-0.1, -0.05) is 58.3 Å². The van der Waals surface area contributed by atoms with Gasteiger partial charge in [0.2, 0.25) is 0 Å². The van der Waals surface area contributed by atoms with Gasteiger partial charge in [-0.3, -0.25) is 9.89 Å². The summed E-state index contributed by atoms with van der Waals surface area (Å²) < 4.78 is 5.22. The summed E-state index contributed by atoms with van der Waals surface area (Å²) in [6, 6.07) is 2.17. The third kappa shape index (κ3) is 6.24. The lowest BCUT2D eigenvalue weighted by molar-refractivity contribution is 0.0750. The van der Waals surface area contributed by atoms with Crippen LogP contribution in [0.15, 0.2) is 29.9 Å². The first kappa shape index (κ1) is 24.1. The van der Waals surface area contributed by atoms with E-state index in [1.165, 1.54) is 19.3 Å². The molecule has 1 aromatic heterocycles. The van der Waals surface area contributed by atoms with Gasteiger partial charge in [0.05, 0.1) is 6.04 Å². The Labute approximate surface area is 191 Å². The zero-order valence-corrected chi connectivity index (χ0v) is 20.0. The highest BCUT2D eigenvalue weighted by Gasteiger charge is 2.42. The smallest absolute Gasteiger partial charge is 0.408 e. The number of H-pyrrole nitrogens is 1. The quantitative estimate of drug-likeness (QED) is 0.612. The van der Waals surface area contributed by atoms with Crippen molar-refractivity contribution >= 4 is 12.0 Å². The average molecular weight is 443 g/mol. The number of amides is 2. The number of aromatic amines is 1. The summed E-state index contributed by atoms with van der Waals surface area (Å²) in [7, 11) is 0. The van der Waals surface area contributed by atoms with Crippen molar-refractivity contribution in [1.82, 2.24) is 20.8 Å². The summed E-state index contributed by atoms with van der Waals surface area (Å²) in [4.78, 5) is 23.2. The van der Waals surface area contributed by atoms with Crippen molar-refractivity contribution in [3.8, 4) is 0 Å². The largest absolute Gasteiger partial charge is 0.441 e. The lowest BCUT2D eigenvalue weighted by Gasteiger charge is -2.26. The van der Waals surface area contributed by atoms with E-state index in [9.17, 15) is 9.59 Å². The second-order valence-electron chi connectivity index (χ2n) is 10.0. The van der Waals surface area contributed by atoms with Crippen LogP contribution in [0.4, 0.5) is 4.79 Å². The van der Waals surface area contributed by atoms with E-state index in [4.69, 9.17) is 4.74 Å². The topological polar surface area (TPSA) is 96.1 Å². The van der Waals surface area contributed by atoms with Crippen molar-refractivity contribution in [3.63, 3.8) is 0 Å². The highest BCUT2D eigenvalue weighted by atomic mass is 16.6. The second kappa shape index (κ2) is 10.4. The van der Waals surface area contributed by atoms with Crippen molar-refractivity contribution in [2.75, 3.05) is 0 Å². The molecule has 2 fully saturated rings. The lowest BCUT2D eigenvalue weighted by atomic mass is 9.87. The van der Waals surface area contributed by atoms with E-state index in [2.05, 4.69) is 59.8 Å². The predicted octanol–water partition coefficient (Wildman–Crippen LogP) is 4.99. The number of hydrogen-bond donors (Lipinski definition) is 3. The first-order valence-corrected chi connectivity index (χ1v) is 11.9. The fraction of sp³-hybridized carbons (Fsp3) is 0.640. The number of carbonyl (C=O) groups is 2. The Morgan fingerprint density at radius 1 is 1.25 bits per heavy atom. The van der Waals surface area contributed by atoms with Crippen LogP contribution < -0.4 is 10.6 Å². The number of carbonyl (C=O) groups excluding carboxylic acids is 2. The molecule has 1 aliphatic heterocycles. The Morgan fingerprint density at radius 2 is 1.97 bits per heavy atom. The molecule has 1 saturated carbocycles. The van der Waals surface area contributed by atoms with Gasteiger partial charge in [-0.15, -0.1) is 0 Å². The molecule has 176 valence electrons. The fourth-order valence-electron chi connectivity index (χ4n) is 4.42. The minimum atomic E-state index is -0.454. The Bertz CT molecular complexity index is 862. The van der Waals surface area contributed by atoms with E-state index in [1.54, 1.807) is 0 Å². The number of rotatable bonds is 4. The maximum absolute atomic E-state index is 12.0. The van der Waals surface area contributed by atoms with Crippen molar-refractivity contribution in [1.29, 1.82) is 0 Å². The monoisotopic (exact) mass is 442 g/mol. The van der Waals surface area contributed by atoms with Gasteiger partial charge in [-0.05, 0) is 56.6 Å². The molecule has 0 spiro atoms. The zero-order chi connectivity index (χ0) is 23.3. The molecule has 7 heteroatoms. The van der Waals surface area contributed by atoms with Crippen LogP contribution in [0.1, 0.15) is 95.2 Å². The number of hydrogen-bond acceptors (Lipinski definition) is 4. The standard InChI is InChI=1S/C13H21N3O.C12H17NO2/c1-9(2)11-8-12(16-15-11)13(17)14-10-6-4-3-5-7-10;1-8-5-4-6-9(7-8)10-12(2,3)15-11(14)13-10/h8-10H,3-7H2,1-2H3,(H,14,17)(H,15,16);4,6-8,10H,5H2,1-3H3,(H,13,14)/t;8?,10-/m.0/s1. The van der Waals surface area contributed by atoms with Crippen molar-refractivity contribution in [2.45, 2.75) is 96.7 Å². The number of nitrogens with one attached hydrogen (secondary N) is 3. The number of aromatic nitrogens is 2. The van der Waals surface area contributed by atoms with E-state index in [1.807, 2.05) is 19.9 Å². The van der Waals surface area contributed by atoms with Gasteiger partial charge in [-0.25, -0.2) is 4.79 Å². The highest BCUT2D eigenvalue weighted by molar-refractivity contribution is 5.92. The summed E-state index contributed by atoms with van der Waals surface area (Å²) >= 11 is 0. The van der Waals surface area contributed by atoms with Gasteiger partial charge >= 0.3 is 6.09 Å². The van der Waals surface area contributed by atoms with Gasteiger partial charge in [0.25, 0.3) is 5.91 Å². The van der Waals surface area contributed by atoms with Gasteiger partial charge in [-0.2, -0.15) is 5.10 Å². The van der Waals surface area contributed by atoms with E-state index in [0.29, 0.717) is 23.6 Å². The van der Waals surface area contributed by atoms with Crippen molar-refractivity contribution < 1.29 is 14.3 Å². The minimum absolute atomic E-state index is 0.0241. The highest BCUT2D eigenvalue weighted by Crippen LogP contribution is 2.30. The Kier molecular flexibility index (Phi) is 7.80. The molecule has 7 nitrogen and oxygen atoms in total. The van der Waals surface area contributed by atoms with Crippen LogP contribution >= 0.6 is 0 Å². The molecule has 0 aromatic carbocycles. The third-order valence-electron chi connectivity index (χ3n) is 6.33. The average Bonchev–Trinajstić information content (AvgIpc) is 3.33. The molecule has 3 N–H and O–H groups in total. The summed E-state index contributed by atoms with van der Waals surface area (Å²) in [5.74, 6) is 0.872. The SMILES string of the molecule is CC(C)c1cc(C(=O)NC2CCCCC2)n[nH]1.CC1C=C([C@@H]2NC(=O)OC2(C)C)C=CC1. The number of ether oxygens (including phenoxy) is 1. The van der Waals surface area contributed by atoms with Gasteiger partial charge in [0, 0.05) is 11.7 Å². The van der Waals surface area contributed by atoms with E-state index in [-0.39, 0.29) is 18.0 Å². The van der Waals surface area contributed by atoms with Gasteiger partial charge in [0.15, 0.2) is 0 Å². The molecule has 3 aliphatic rings. The van der Waals surface area contributed by atoms with Crippen molar-refractivity contribution in [3.05, 3.63) is 41.3 Å². The molecule has 2 amide bonds. The van der Waals surface area contributed by atoms with Crippen molar-refractivity contribution in [2.24, 2.45) is 5.92 Å². The van der Waals surface area contributed by atoms with Gasteiger partial charge < -0.3 is 15.4 Å². The number of nitrogens with zero attached hydrogens (tertiary/aromatic N) is 1. The molecule has 32 heavy (non-hydrogen) atoms. The summed E-state index contributed by atoms with van der Waals surface area (Å²) in [6.45, 7) is 10.2. The van der Waals surface area contributed by atoms with Crippen LogP contribution in [0.5, 0.6) is 0 Å². The first-order valence-electron chi connectivity index (χ1n) is 11.9. The maximum Gasteiger partial charge on any atom is 0.408 e. The number of cyclic esters (lactones) is 1. The normalized spacial score (nSPS) is 24.8. The summed E-state index contributed by atoms with van der Waals surface area (Å²) in [5.41, 5.74) is 2.23. The Balaban J connectivity index is 0.000000182. The summed E-state index contributed by atoms with van der Waals surface area (Å²) in [5, 5.41) is 12.9. The summed E-state index contributed by atoms with van der Waals surface area (Å²) in [6.07, 6.45) is 13.2. The molecule has 2 atom stereocenters. The lowest BCUT2D eigenvalue weighted by Crippen LogP contribution is -2.40. The molecule has 1 aromatic rings. The van der Waals surface area contributed by atoms with Crippen LogP contribution in [0.25, 0.3) is 0 Å². The Morgan fingerprint density at radius 3 is 2.53 bits per heavy atom.